The Morgan fingerprint density at radius 1 is 0.923 bits per heavy atom. The number of hydrogen-bond acceptors (Lipinski definition) is 2. The zero-order valence-corrected chi connectivity index (χ0v) is 14.2. The van der Waals surface area contributed by atoms with Crippen molar-refractivity contribution >= 4 is 17.5 Å². The number of carbonyl (C=O) groups is 2. The molecule has 4 nitrogen and oxygen atoms in total. The summed E-state index contributed by atoms with van der Waals surface area (Å²) in [6.07, 6.45) is 0.412. The van der Waals surface area contributed by atoms with Gasteiger partial charge in [0.05, 0.1) is 13.0 Å². The molecule has 128 valence electrons. The van der Waals surface area contributed by atoms with E-state index in [-0.39, 0.29) is 5.91 Å². The fraction of sp³-hybridized carbons (Fsp3) is 0.0909. The van der Waals surface area contributed by atoms with Crippen LogP contribution in [0.2, 0.25) is 0 Å². The highest BCUT2D eigenvalue weighted by molar-refractivity contribution is 6.02. The zero-order chi connectivity index (χ0) is 18.1. The molecule has 4 rings (SSSR count). The van der Waals surface area contributed by atoms with Crippen LogP contribution < -0.4 is 10.6 Å². The molecule has 0 aromatic heterocycles. The monoisotopic (exact) mass is 342 g/mol. The van der Waals surface area contributed by atoms with Gasteiger partial charge in [0.15, 0.2) is 0 Å². The van der Waals surface area contributed by atoms with E-state index in [4.69, 9.17) is 5.73 Å². The topological polar surface area (TPSA) is 63.4 Å². The van der Waals surface area contributed by atoms with Crippen LogP contribution in [0.15, 0.2) is 72.8 Å². The molecule has 2 N–H and O–H groups in total. The van der Waals surface area contributed by atoms with Crippen LogP contribution in [0, 0.1) is 0 Å². The normalized spacial score (nSPS) is 12.9. The second-order valence-corrected chi connectivity index (χ2v) is 6.43. The zero-order valence-electron chi connectivity index (χ0n) is 14.2. The number of carbonyl (C=O) groups excluding carboxylic acids is 2. The van der Waals surface area contributed by atoms with Crippen molar-refractivity contribution < 1.29 is 9.59 Å². The molecular formula is C22H18N2O2. The van der Waals surface area contributed by atoms with Gasteiger partial charge >= 0.3 is 0 Å². The van der Waals surface area contributed by atoms with Crippen molar-refractivity contribution in [2.45, 2.75) is 13.0 Å². The fourth-order valence-corrected chi connectivity index (χ4v) is 3.32. The Morgan fingerprint density at radius 3 is 2.35 bits per heavy atom. The highest BCUT2D eigenvalue weighted by Crippen LogP contribution is 2.34. The quantitative estimate of drug-likeness (QED) is 0.788. The lowest BCUT2D eigenvalue weighted by atomic mass is 10.0. The second kappa shape index (κ2) is 6.48. The lowest BCUT2D eigenvalue weighted by molar-refractivity contribution is -0.117. The maximum Gasteiger partial charge on any atom is 0.248 e. The average Bonchev–Trinajstić information content (AvgIpc) is 2.97. The summed E-state index contributed by atoms with van der Waals surface area (Å²) in [7, 11) is 0. The van der Waals surface area contributed by atoms with Gasteiger partial charge in [0, 0.05) is 11.3 Å². The molecule has 0 aliphatic carbocycles. The van der Waals surface area contributed by atoms with E-state index < -0.39 is 5.91 Å². The van der Waals surface area contributed by atoms with Crippen LogP contribution in [0.4, 0.5) is 5.69 Å². The summed E-state index contributed by atoms with van der Waals surface area (Å²) >= 11 is 0. The Hall–Kier alpha value is -3.40. The number of amides is 2. The van der Waals surface area contributed by atoms with Crippen LogP contribution in [0.3, 0.4) is 0 Å². The largest absolute Gasteiger partial charge is 0.366 e. The third-order valence-electron chi connectivity index (χ3n) is 4.70. The van der Waals surface area contributed by atoms with Crippen molar-refractivity contribution in [2.75, 3.05) is 4.90 Å². The number of nitrogens with zero attached hydrogens (tertiary/aromatic N) is 1. The van der Waals surface area contributed by atoms with Gasteiger partial charge in [-0.2, -0.15) is 0 Å². The van der Waals surface area contributed by atoms with Gasteiger partial charge in [-0.15, -0.1) is 0 Å². The van der Waals surface area contributed by atoms with Crippen LogP contribution in [0.1, 0.15) is 21.5 Å². The molecule has 0 bridgehead atoms. The molecule has 0 unspecified atom stereocenters. The van der Waals surface area contributed by atoms with E-state index >= 15 is 0 Å². The summed E-state index contributed by atoms with van der Waals surface area (Å²) in [5, 5.41) is 0. The van der Waals surface area contributed by atoms with Crippen molar-refractivity contribution in [3.8, 4) is 11.1 Å². The average molecular weight is 342 g/mol. The van der Waals surface area contributed by atoms with Crippen LogP contribution >= 0.6 is 0 Å². The van der Waals surface area contributed by atoms with Gasteiger partial charge in [0.1, 0.15) is 0 Å². The van der Waals surface area contributed by atoms with Gasteiger partial charge in [0.2, 0.25) is 11.8 Å². The Labute approximate surface area is 151 Å². The summed E-state index contributed by atoms with van der Waals surface area (Å²) in [5.41, 5.74) is 11.0. The van der Waals surface area contributed by atoms with Gasteiger partial charge in [-0.1, -0.05) is 48.5 Å². The molecule has 3 aromatic rings. The molecule has 26 heavy (non-hydrogen) atoms. The predicted octanol–water partition coefficient (Wildman–Crippen LogP) is 3.54. The first kappa shape index (κ1) is 16.1. The van der Waals surface area contributed by atoms with Crippen molar-refractivity contribution in [3.05, 3.63) is 89.5 Å². The smallest absolute Gasteiger partial charge is 0.248 e. The molecule has 4 heteroatoms. The number of rotatable bonds is 4. The maximum absolute atomic E-state index is 12.5. The number of anilines is 1. The molecule has 0 spiro atoms. The maximum atomic E-state index is 12.5. The molecule has 0 radical (unpaired) electrons. The van der Waals surface area contributed by atoms with Gasteiger partial charge < -0.3 is 10.6 Å². The lowest BCUT2D eigenvalue weighted by Crippen LogP contribution is -2.26. The summed E-state index contributed by atoms with van der Waals surface area (Å²) in [6.45, 7) is 0.482. The summed E-state index contributed by atoms with van der Waals surface area (Å²) in [6, 6.07) is 23.4. The summed E-state index contributed by atoms with van der Waals surface area (Å²) < 4.78 is 0. The van der Waals surface area contributed by atoms with Crippen molar-refractivity contribution in [1.29, 1.82) is 0 Å². The molecule has 1 aliphatic rings. The molecule has 0 fully saturated rings. The minimum absolute atomic E-state index is 0.0872. The Kier molecular flexibility index (Phi) is 4.01. The first-order valence-electron chi connectivity index (χ1n) is 8.49. The van der Waals surface area contributed by atoms with Crippen molar-refractivity contribution in [3.63, 3.8) is 0 Å². The van der Waals surface area contributed by atoms with E-state index in [0.717, 1.165) is 27.9 Å². The van der Waals surface area contributed by atoms with E-state index in [1.807, 2.05) is 36.4 Å². The van der Waals surface area contributed by atoms with Crippen molar-refractivity contribution in [2.24, 2.45) is 5.73 Å². The number of hydrogen-bond donors (Lipinski definition) is 1. The van der Waals surface area contributed by atoms with Gasteiger partial charge in [-0.3, -0.25) is 9.59 Å². The number of nitrogens with two attached hydrogens (primary N) is 1. The Bertz CT molecular complexity index is 979. The summed E-state index contributed by atoms with van der Waals surface area (Å²) in [5.74, 6) is -0.364. The Morgan fingerprint density at radius 2 is 1.65 bits per heavy atom. The van der Waals surface area contributed by atoms with Crippen LogP contribution in [-0.2, 0) is 17.8 Å². The molecule has 1 heterocycles. The van der Waals surface area contributed by atoms with Gasteiger partial charge in [-0.05, 0) is 46.5 Å². The molecule has 1 aliphatic heterocycles. The highest BCUT2D eigenvalue weighted by atomic mass is 16.2. The highest BCUT2D eigenvalue weighted by Gasteiger charge is 2.27. The lowest BCUT2D eigenvalue weighted by Gasteiger charge is -2.18. The number of primary amides is 1. The minimum Gasteiger partial charge on any atom is -0.366 e. The molecule has 0 atom stereocenters. The van der Waals surface area contributed by atoms with Crippen molar-refractivity contribution in [1.82, 2.24) is 0 Å². The second-order valence-electron chi connectivity index (χ2n) is 6.43. The van der Waals surface area contributed by atoms with E-state index in [9.17, 15) is 9.59 Å². The molecule has 3 aromatic carbocycles. The predicted molar refractivity (Wildman–Crippen MR) is 102 cm³/mol. The van der Waals surface area contributed by atoms with Gasteiger partial charge in [-0.25, -0.2) is 0 Å². The van der Waals surface area contributed by atoms with Crippen LogP contribution in [0.25, 0.3) is 11.1 Å². The number of fused-ring (bicyclic) bond motifs is 1. The molecule has 2 amide bonds. The first-order chi connectivity index (χ1) is 12.6. The molecule has 0 saturated heterocycles. The van der Waals surface area contributed by atoms with Gasteiger partial charge in [0.25, 0.3) is 0 Å². The van der Waals surface area contributed by atoms with Crippen LogP contribution in [-0.4, -0.2) is 11.8 Å². The SMILES string of the molecule is NC(=O)c1ccc(CN2C(=O)Cc3cc(-c4ccccc4)ccc32)cc1. The van der Waals surface area contributed by atoms with E-state index in [1.165, 1.54) is 0 Å². The Balaban J connectivity index is 1.60. The summed E-state index contributed by atoms with van der Waals surface area (Å²) in [4.78, 5) is 25.5. The number of benzene rings is 3. The van der Waals surface area contributed by atoms with E-state index in [2.05, 4.69) is 24.3 Å². The minimum atomic E-state index is -0.451. The standard InChI is InChI=1S/C22H18N2O2/c23-22(26)17-8-6-15(7-9-17)14-24-20-11-10-18(12-19(20)13-21(24)25)16-4-2-1-3-5-16/h1-12H,13-14H2,(H2,23,26). The van der Waals surface area contributed by atoms with E-state index in [1.54, 1.807) is 17.0 Å². The van der Waals surface area contributed by atoms with E-state index in [0.29, 0.717) is 18.5 Å². The van der Waals surface area contributed by atoms with Crippen LogP contribution in [0.5, 0.6) is 0 Å². The molecule has 0 saturated carbocycles. The first-order valence-corrected chi connectivity index (χ1v) is 8.49. The fourth-order valence-electron chi connectivity index (χ4n) is 3.32. The third-order valence-corrected chi connectivity index (χ3v) is 4.70. The molecular weight excluding hydrogens is 324 g/mol. The third kappa shape index (κ3) is 2.97.